The van der Waals surface area contributed by atoms with E-state index in [0.717, 1.165) is 29.2 Å². The number of thioether (sulfide) groups is 1. The van der Waals surface area contributed by atoms with Gasteiger partial charge in [0.25, 0.3) is 0 Å². The Kier molecular flexibility index (Phi) is 5.29. The van der Waals surface area contributed by atoms with Crippen LogP contribution in [-0.2, 0) is 22.4 Å². The molecule has 0 aromatic carbocycles. The summed E-state index contributed by atoms with van der Waals surface area (Å²) in [5.41, 5.74) is 3.21. The first-order valence-corrected chi connectivity index (χ1v) is 9.87. The number of nitrogens with zero attached hydrogens (tertiary/aromatic N) is 2. The van der Waals surface area contributed by atoms with E-state index in [0.29, 0.717) is 17.2 Å². The van der Waals surface area contributed by atoms with Crippen molar-refractivity contribution >= 4 is 51.3 Å². The maximum Gasteiger partial charge on any atom is 0.341 e. The molecule has 122 valence electrons. The molecule has 0 bridgehead atoms. The number of anilines is 1. The SMILES string of the molecule is CCOC(=O)c1c(NC(=O)CSc2nncs2)sc2c1CCC2. The van der Waals surface area contributed by atoms with Crippen LogP contribution in [0.2, 0.25) is 0 Å². The van der Waals surface area contributed by atoms with Crippen LogP contribution in [0, 0.1) is 0 Å². The molecule has 0 spiro atoms. The first-order chi connectivity index (χ1) is 11.2. The van der Waals surface area contributed by atoms with Crippen molar-refractivity contribution in [3.05, 3.63) is 21.5 Å². The molecule has 9 heteroatoms. The molecular formula is C14H15N3O3S3. The fraction of sp³-hybridized carbons (Fsp3) is 0.429. The minimum atomic E-state index is -0.348. The molecule has 0 radical (unpaired) electrons. The Labute approximate surface area is 145 Å². The average Bonchev–Trinajstić information content (AvgIpc) is 3.22. The van der Waals surface area contributed by atoms with E-state index in [-0.39, 0.29) is 17.6 Å². The number of nitrogens with one attached hydrogen (secondary N) is 1. The Balaban J connectivity index is 1.71. The van der Waals surface area contributed by atoms with Crippen LogP contribution in [0.1, 0.15) is 34.1 Å². The zero-order valence-electron chi connectivity index (χ0n) is 12.5. The number of carbonyl (C=O) groups is 2. The molecule has 2 aromatic rings. The lowest BCUT2D eigenvalue weighted by Crippen LogP contribution is -2.16. The largest absolute Gasteiger partial charge is 0.462 e. The Bertz CT molecular complexity index is 712. The van der Waals surface area contributed by atoms with Crippen LogP contribution in [0.4, 0.5) is 5.00 Å². The molecule has 0 fully saturated rings. The predicted molar refractivity (Wildman–Crippen MR) is 91.6 cm³/mol. The first kappa shape index (κ1) is 16.4. The van der Waals surface area contributed by atoms with Gasteiger partial charge in [0.15, 0.2) is 4.34 Å². The van der Waals surface area contributed by atoms with Crippen LogP contribution in [0.5, 0.6) is 0 Å². The number of esters is 1. The number of thiophene rings is 1. The number of aromatic nitrogens is 2. The molecular weight excluding hydrogens is 354 g/mol. The van der Waals surface area contributed by atoms with Gasteiger partial charge in [0.1, 0.15) is 10.5 Å². The third-order valence-corrected chi connectivity index (χ3v) is 6.39. The number of hydrogen-bond acceptors (Lipinski definition) is 8. The molecule has 2 aromatic heterocycles. The molecule has 2 heterocycles. The van der Waals surface area contributed by atoms with Gasteiger partial charge in [0.05, 0.1) is 17.9 Å². The van der Waals surface area contributed by atoms with E-state index in [1.807, 2.05) is 0 Å². The summed E-state index contributed by atoms with van der Waals surface area (Å²) in [6.45, 7) is 2.10. The summed E-state index contributed by atoms with van der Waals surface area (Å²) in [5.74, 6) is -0.269. The molecule has 0 aliphatic heterocycles. The molecule has 0 unspecified atom stereocenters. The van der Waals surface area contributed by atoms with E-state index < -0.39 is 0 Å². The number of ether oxygens (including phenoxy) is 1. The van der Waals surface area contributed by atoms with Crippen molar-refractivity contribution in [2.24, 2.45) is 0 Å². The molecule has 1 N–H and O–H groups in total. The second kappa shape index (κ2) is 7.41. The quantitative estimate of drug-likeness (QED) is 0.623. The highest BCUT2D eigenvalue weighted by molar-refractivity contribution is 8.01. The summed E-state index contributed by atoms with van der Waals surface area (Å²) in [7, 11) is 0. The molecule has 0 atom stereocenters. The van der Waals surface area contributed by atoms with Gasteiger partial charge in [0.2, 0.25) is 5.91 Å². The average molecular weight is 369 g/mol. The van der Waals surface area contributed by atoms with Crippen LogP contribution in [0.25, 0.3) is 0 Å². The van der Waals surface area contributed by atoms with Gasteiger partial charge in [-0.1, -0.05) is 23.1 Å². The zero-order chi connectivity index (χ0) is 16.2. The number of amides is 1. The third-order valence-electron chi connectivity index (χ3n) is 3.32. The minimum absolute atomic E-state index is 0.157. The van der Waals surface area contributed by atoms with E-state index in [4.69, 9.17) is 4.74 Å². The van der Waals surface area contributed by atoms with Crippen molar-refractivity contribution in [1.29, 1.82) is 0 Å². The van der Waals surface area contributed by atoms with Gasteiger partial charge in [-0.25, -0.2) is 4.79 Å². The smallest absolute Gasteiger partial charge is 0.341 e. The van der Waals surface area contributed by atoms with Crippen LogP contribution in [-0.4, -0.2) is 34.4 Å². The number of carbonyl (C=O) groups excluding carboxylic acids is 2. The fourth-order valence-electron chi connectivity index (χ4n) is 2.43. The highest BCUT2D eigenvalue weighted by Crippen LogP contribution is 2.39. The van der Waals surface area contributed by atoms with Gasteiger partial charge >= 0.3 is 5.97 Å². The summed E-state index contributed by atoms with van der Waals surface area (Å²) in [6, 6.07) is 0. The zero-order valence-corrected chi connectivity index (χ0v) is 14.9. The number of aryl methyl sites for hydroxylation is 1. The minimum Gasteiger partial charge on any atom is -0.462 e. The maximum atomic E-state index is 12.2. The van der Waals surface area contributed by atoms with Crippen LogP contribution >= 0.6 is 34.4 Å². The van der Waals surface area contributed by atoms with E-state index in [1.165, 1.54) is 39.3 Å². The summed E-state index contributed by atoms with van der Waals surface area (Å²) < 4.78 is 5.90. The van der Waals surface area contributed by atoms with E-state index in [1.54, 1.807) is 12.4 Å². The lowest BCUT2D eigenvalue weighted by Gasteiger charge is -2.07. The molecule has 1 amide bonds. The summed E-state index contributed by atoms with van der Waals surface area (Å²) in [5, 5.41) is 11.1. The first-order valence-electron chi connectivity index (χ1n) is 7.19. The van der Waals surface area contributed by atoms with Gasteiger partial charge in [0, 0.05) is 4.88 Å². The van der Waals surface area contributed by atoms with Gasteiger partial charge in [-0.3, -0.25) is 4.79 Å². The van der Waals surface area contributed by atoms with Gasteiger partial charge in [-0.15, -0.1) is 21.5 Å². The molecule has 0 saturated heterocycles. The van der Waals surface area contributed by atoms with Gasteiger partial charge < -0.3 is 10.1 Å². The molecule has 23 heavy (non-hydrogen) atoms. The van der Waals surface area contributed by atoms with Gasteiger partial charge in [-0.05, 0) is 31.7 Å². The number of fused-ring (bicyclic) bond motifs is 1. The second-order valence-corrected chi connectivity index (χ2v) is 7.98. The Morgan fingerprint density at radius 1 is 1.43 bits per heavy atom. The lowest BCUT2D eigenvalue weighted by atomic mass is 10.1. The van der Waals surface area contributed by atoms with Crippen molar-refractivity contribution in [3.63, 3.8) is 0 Å². The van der Waals surface area contributed by atoms with Crippen molar-refractivity contribution in [3.8, 4) is 0 Å². The molecule has 1 aliphatic rings. The number of hydrogen-bond donors (Lipinski definition) is 1. The van der Waals surface area contributed by atoms with E-state index in [9.17, 15) is 9.59 Å². The monoisotopic (exact) mass is 369 g/mol. The molecule has 3 rings (SSSR count). The predicted octanol–water partition coefficient (Wildman–Crippen LogP) is 3.00. The van der Waals surface area contributed by atoms with E-state index in [2.05, 4.69) is 15.5 Å². The van der Waals surface area contributed by atoms with Crippen LogP contribution in [0.3, 0.4) is 0 Å². The fourth-order valence-corrected chi connectivity index (χ4v) is 5.01. The Hall–Kier alpha value is -1.45. The van der Waals surface area contributed by atoms with E-state index >= 15 is 0 Å². The summed E-state index contributed by atoms with van der Waals surface area (Å²) >= 11 is 4.21. The van der Waals surface area contributed by atoms with Crippen molar-refractivity contribution in [2.75, 3.05) is 17.7 Å². The number of rotatable bonds is 6. The third kappa shape index (κ3) is 3.73. The molecule has 0 saturated carbocycles. The second-order valence-electron chi connectivity index (χ2n) is 4.82. The van der Waals surface area contributed by atoms with Crippen LogP contribution < -0.4 is 5.32 Å². The van der Waals surface area contributed by atoms with Crippen molar-refractivity contribution in [2.45, 2.75) is 30.5 Å². The highest BCUT2D eigenvalue weighted by atomic mass is 32.2. The standard InChI is InChI=1S/C14H15N3O3S3/c1-2-20-13(19)11-8-4-3-5-9(8)23-12(11)16-10(18)6-21-14-17-15-7-22-14/h7H,2-6H2,1H3,(H,16,18). The Morgan fingerprint density at radius 3 is 3.04 bits per heavy atom. The molecule has 1 aliphatic carbocycles. The summed E-state index contributed by atoms with van der Waals surface area (Å²) in [4.78, 5) is 25.6. The van der Waals surface area contributed by atoms with Gasteiger partial charge in [-0.2, -0.15) is 0 Å². The van der Waals surface area contributed by atoms with Crippen LogP contribution in [0.15, 0.2) is 9.85 Å². The van der Waals surface area contributed by atoms with Crippen molar-refractivity contribution in [1.82, 2.24) is 10.2 Å². The topological polar surface area (TPSA) is 81.2 Å². The summed E-state index contributed by atoms with van der Waals surface area (Å²) in [6.07, 6.45) is 2.88. The normalized spacial score (nSPS) is 12.9. The van der Waals surface area contributed by atoms with Crippen molar-refractivity contribution < 1.29 is 14.3 Å². The Morgan fingerprint density at radius 2 is 2.30 bits per heavy atom. The maximum absolute atomic E-state index is 12.2. The highest BCUT2D eigenvalue weighted by Gasteiger charge is 2.28. The molecule has 6 nitrogen and oxygen atoms in total. The lowest BCUT2D eigenvalue weighted by molar-refractivity contribution is -0.113.